The monoisotopic (exact) mass is 156 g/mol. The van der Waals surface area contributed by atoms with Crippen LogP contribution in [0.4, 0.5) is 0 Å². The van der Waals surface area contributed by atoms with E-state index in [9.17, 15) is 0 Å². The summed E-state index contributed by atoms with van der Waals surface area (Å²) in [7, 11) is 4.06. The molecule has 0 radical (unpaired) electrons. The van der Waals surface area contributed by atoms with Crippen LogP contribution in [-0.4, -0.2) is 25.0 Å². The van der Waals surface area contributed by atoms with Gasteiger partial charge in [-0.25, -0.2) is 0 Å². The Hall–Kier alpha value is -0.660. The first-order valence-electron chi connectivity index (χ1n) is 4.22. The lowest BCUT2D eigenvalue weighted by Crippen LogP contribution is -2.22. The molecule has 0 aromatic heterocycles. The predicted octanol–water partition coefficient (Wildman–Crippen LogP) is 1.80. The van der Waals surface area contributed by atoms with Crippen molar-refractivity contribution in [1.29, 1.82) is 0 Å². The molecule has 0 aliphatic rings. The minimum atomic E-state index is 0.574. The quantitative estimate of drug-likeness (QED) is 0.667. The molecular weight excluding hydrogens is 136 g/mol. The van der Waals surface area contributed by atoms with E-state index in [4.69, 9.17) is 0 Å². The van der Waals surface area contributed by atoms with E-state index < -0.39 is 0 Å². The number of hydrogen-bond acceptors (Lipinski definition) is 2. The normalized spacial score (nSPS) is 12.0. The van der Waals surface area contributed by atoms with Crippen LogP contribution in [0, 0.1) is 0 Å². The van der Waals surface area contributed by atoms with Crippen LogP contribution in [0.1, 0.15) is 27.2 Å². The number of rotatable bonds is 4. The Kier molecular flexibility index (Phi) is 4.75. The number of allylic oxidation sites excluding steroid dienone is 1. The van der Waals surface area contributed by atoms with Gasteiger partial charge in [-0.2, -0.15) is 0 Å². The highest BCUT2D eigenvalue weighted by molar-refractivity contribution is 4.97. The molecular formula is C9H20N2. The van der Waals surface area contributed by atoms with E-state index in [-0.39, 0.29) is 0 Å². The Bertz CT molecular complexity index is 122. The fraction of sp³-hybridized carbons (Fsp3) is 0.778. The van der Waals surface area contributed by atoms with Crippen molar-refractivity contribution in [3.63, 3.8) is 0 Å². The van der Waals surface area contributed by atoms with Gasteiger partial charge in [-0.1, -0.05) is 6.92 Å². The molecule has 0 atom stereocenters. The van der Waals surface area contributed by atoms with Gasteiger partial charge in [-0.3, -0.25) is 0 Å². The third-order valence-electron chi connectivity index (χ3n) is 1.88. The summed E-state index contributed by atoms with van der Waals surface area (Å²) in [5.74, 6) is 0. The van der Waals surface area contributed by atoms with E-state index in [1.807, 2.05) is 7.05 Å². The Morgan fingerprint density at radius 3 is 2.36 bits per heavy atom. The smallest absolute Gasteiger partial charge is 0.0263 e. The first-order chi connectivity index (χ1) is 5.11. The molecule has 0 spiro atoms. The van der Waals surface area contributed by atoms with Gasteiger partial charge in [0, 0.05) is 32.0 Å². The van der Waals surface area contributed by atoms with Gasteiger partial charge in [0.25, 0.3) is 0 Å². The van der Waals surface area contributed by atoms with Gasteiger partial charge in [0.1, 0.15) is 0 Å². The summed E-state index contributed by atoms with van der Waals surface area (Å²) < 4.78 is 0. The van der Waals surface area contributed by atoms with Crippen LogP contribution in [0.5, 0.6) is 0 Å². The molecule has 0 amide bonds. The molecule has 11 heavy (non-hydrogen) atoms. The second-order valence-electron chi connectivity index (χ2n) is 3.02. The highest BCUT2D eigenvalue weighted by Crippen LogP contribution is 2.00. The van der Waals surface area contributed by atoms with Crippen LogP contribution in [0.25, 0.3) is 0 Å². The Morgan fingerprint density at radius 1 is 1.55 bits per heavy atom. The van der Waals surface area contributed by atoms with Crippen LogP contribution in [-0.2, 0) is 0 Å². The molecule has 0 aromatic carbocycles. The minimum Gasteiger partial charge on any atom is -0.390 e. The maximum absolute atomic E-state index is 3.16. The average molecular weight is 156 g/mol. The summed E-state index contributed by atoms with van der Waals surface area (Å²) in [4.78, 5) is 2.20. The maximum atomic E-state index is 3.16. The van der Waals surface area contributed by atoms with Gasteiger partial charge >= 0.3 is 0 Å². The second-order valence-corrected chi connectivity index (χ2v) is 3.02. The van der Waals surface area contributed by atoms with Crippen LogP contribution in [0.15, 0.2) is 11.9 Å². The topological polar surface area (TPSA) is 15.3 Å². The van der Waals surface area contributed by atoms with Gasteiger partial charge < -0.3 is 10.2 Å². The average Bonchev–Trinajstić information content (AvgIpc) is 1.99. The summed E-state index contributed by atoms with van der Waals surface area (Å²) in [5.41, 5.74) is 1.28. The molecule has 2 heteroatoms. The summed E-state index contributed by atoms with van der Waals surface area (Å²) in [6.45, 7) is 6.51. The molecule has 0 aliphatic heterocycles. The molecule has 0 aliphatic carbocycles. The summed E-state index contributed by atoms with van der Waals surface area (Å²) in [6.07, 6.45) is 3.22. The van der Waals surface area contributed by atoms with E-state index in [0.29, 0.717) is 6.04 Å². The van der Waals surface area contributed by atoms with E-state index in [1.165, 1.54) is 5.70 Å². The van der Waals surface area contributed by atoms with Gasteiger partial charge in [0.05, 0.1) is 0 Å². The molecule has 0 saturated carbocycles. The second kappa shape index (κ2) is 5.05. The molecule has 0 heterocycles. The van der Waals surface area contributed by atoms with Gasteiger partial charge in [0.2, 0.25) is 0 Å². The van der Waals surface area contributed by atoms with Gasteiger partial charge in [-0.15, -0.1) is 0 Å². The molecule has 1 N–H and O–H groups in total. The van der Waals surface area contributed by atoms with Crippen LogP contribution in [0.3, 0.4) is 0 Å². The highest BCUT2D eigenvalue weighted by atomic mass is 15.1. The van der Waals surface area contributed by atoms with Crippen molar-refractivity contribution in [2.24, 2.45) is 0 Å². The molecule has 0 rings (SSSR count). The minimum absolute atomic E-state index is 0.574. The van der Waals surface area contributed by atoms with E-state index in [2.05, 4.69) is 44.2 Å². The van der Waals surface area contributed by atoms with E-state index >= 15 is 0 Å². The lowest BCUT2D eigenvalue weighted by atomic mass is 10.3. The molecule has 0 fully saturated rings. The maximum Gasteiger partial charge on any atom is 0.0263 e. The Balaban J connectivity index is 4.03. The summed E-state index contributed by atoms with van der Waals surface area (Å²) in [5, 5.41) is 3.16. The van der Waals surface area contributed by atoms with Crippen molar-refractivity contribution in [3.8, 4) is 0 Å². The highest BCUT2D eigenvalue weighted by Gasteiger charge is 1.98. The van der Waals surface area contributed by atoms with Crippen LogP contribution in [0.2, 0.25) is 0 Å². The lowest BCUT2D eigenvalue weighted by Gasteiger charge is -2.20. The van der Waals surface area contributed by atoms with Crippen molar-refractivity contribution in [2.75, 3.05) is 14.1 Å². The van der Waals surface area contributed by atoms with Gasteiger partial charge in [0.15, 0.2) is 0 Å². The third kappa shape index (κ3) is 3.91. The first kappa shape index (κ1) is 10.3. The van der Waals surface area contributed by atoms with E-state index in [0.717, 1.165) is 6.42 Å². The van der Waals surface area contributed by atoms with Crippen LogP contribution >= 0.6 is 0 Å². The molecule has 0 saturated heterocycles. The number of nitrogens with one attached hydrogen (secondary N) is 1. The Morgan fingerprint density at radius 2 is 2.09 bits per heavy atom. The molecule has 2 nitrogen and oxygen atoms in total. The molecule has 66 valence electrons. The van der Waals surface area contributed by atoms with Crippen molar-refractivity contribution >= 4 is 0 Å². The first-order valence-corrected chi connectivity index (χ1v) is 4.22. The molecule has 0 unspecified atom stereocenters. The zero-order valence-corrected chi connectivity index (χ0v) is 8.31. The van der Waals surface area contributed by atoms with Crippen molar-refractivity contribution in [3.05, 3.63) is 11.9 Å². The molecule has 0 bridgehead atoms. The van der Waals surface area contributed by atoms with Crippen LogP contribution < -0.4 is 5.32 Å². The summed E-state index contributed by atoms with van der Waals surface area (Å²) >= 11 is 0. The largest absolute Gasteiger partial charge is 0.390 e. The zero-order chi connectivity index (χ0) is 8.85. The SMILES string of the molecule is CC/C(=C/N(C)C(C)C)NC. The Labute approximate surface area is 70.3 Å². The standard InChI is InChI=1S/C9H20N2/c1-6-9(10-4)7-11(5)8(2)3/h7-8,10H,6H2,1-5H3/b9-7-. The van der Waals surface area contributed by atoms with E-state index in [1.54, 1.807) is 0 Å². The zero-order valence-electron chi connectivity index (χ0n) is 8.31. The van der Waals surface area contributed by atoms with Crippen molar-refractivity contribution < 1.29 is 0 Å². The number of nitrogens with zero attached hydrogens (tertiary/aromatic N) is 1. The fourth-order valence-corrected chi connectivity index (χ4v) is 0.727. The third-order valence-corrected chi connectivity index (χ3v) is 1.88. The fourth-order valence-electron chi connectivity index (χ4n) is 0.727. The lowest BCUT2D eigenvalue weighted by molar-refractivity contribution is 0.370. The number of hydrogen-bond donors (Lipinski definition) is 1. The van der Waals surface area contributed by atoms with Gasteiger partial charge in [-0.05, 0) is 20.3 Å². The molecule has 0 aromatic rings. The predicted molar refractivity (Wildman–Crippen MR) is 50.3 cm³/mol. The van der Waals surface area contributed by atoms with Crippen molar-refractivity contribution in [1.82, 2.24) is 10.2 Å². The van der Waals surface area contributed by atoms with Crippen molar-refractivity contribution in [2.45, 2.75) is 33.2 Å². The summed E-state index contributed by atoms with van der Waals surface area (Å²) in [6, 6.07) is 0.574.